The van der Waals surface area contributed by atoms with Gasteiger partial charge in [-0.3, -0.25) is 4.79 Å². The van der Waals surface area contributed by atoms with Crippen molar-refractivity contribution in [3.63, 3.8) is 0 Å². The summed E-state index contributed by atoms with van der Waals surface area (Å²) in [6, 6.07) is 0. The zero-order valence-electron chi connectivity index (χ0n) is 9.13. The molecule has 0 unspecified atom stereocenters. The average molecular weight is 266 g/mol. The maximum Gasteiger partial charge on any atom is 0.372 e. The largest absolute Gasteiger partial charge is 0.475 e. The first-order chi connectivity index (χ1) is 8.23. The summed E-state index contributed by atoms with van der Waals surface area (Å²) in [5.74, 6) is -5.97. The van der Waals surface area contributed by atoms with Crippen LogP contribution in [0.3, 0.4) is 0 Å². The summed E-state index contributed by atoms with van der Waals surface area (Å²) in [5.41, 5.74) is 0. The van der Waals surface area contributed by atoms with Gasteiger partial charge in [0.25, 0.3) is 0 Å². The number of ketones is 1. The van der Waals surface area contributed by atoms with E-state index < -0.39 is 55.0 Å². The number of aliphatic hydroxyl groups excluding tert-OH is 4. The second kappa shape index (κ2) is 5.26. The highest BCUT2D eigenvalue weighted by atomic mass is 16.7. The second-order valence-electron chi connectivity index (χ2n) is 4.01. The topological polar surface area (TPSA) is 165 Å². The molecule has 9 heteroatoms. The Bertz CT molecular complexity index is 341. The van der Waals surface area contributed by atoms with E-state index in [1.165, 1.54) is 0 Å². The third kappa shape index (κ3) is 2.66. The van der Waals surface area contributed by atoms with Gasteiger partial charge >= 0.3 is 5.97 Å². The number of carboxylic acid groups (broad SMARTS) is 1. The van der Waals surface area contributed by atoms with Crippen LogP contribution in [0.4, 0.5) is 0 Å². The lowest BCUT2D eigenvalue weighted by molar-refractivity contribution is -0.347. The molecule has 6 N–H and O–H groups in total. The number of Topliss-reactive ketones (excluding diaryl/α,β-unsaturated/α-hetero) is 1. The van der Waals surface area contributed by atoms with Crippen LogP contribution in [0.1, 0.15) is 6.42 Å². The first-order valence-corrected chi connectivity index (χ1v) is 5.04. The molecular formula is C9H14O9. The average Bonchev–Trinajstić information content (AvgIpc) is 2.31. The lowest BCUT2D eigenvalue weighted by atomic mass is 9.90. The highest BCUT2D eigenvalue weighted by Gasteiger charge is 2.53. The molecule has 0 aliphatic carbocycles. The van der Waals surface area contributed by atoms with Crippen LogP contribution in [0, 0.1) is 0 Å². The van der Waals surface area contributed by atoms with Gasteiger partial charge in [0.15, 0.2) is 0 Å². The van der Waals surface area contributed by atoms with E-state index >= 15 is 0 Å². The van der Waals surface area contributed by atoms with Crippen LogP contribution in [0.5, 0.6) is 0 Å². The van der Waals surface area contributed by atoms with Crippen molar-refractivity contribution in [2.75, 3.05) is 6.61 Å². The molecular weight excluding hydrogens is 252 g/mol. The molecule has 5 atom stereocenters. The zero-order valence-corrected chi connectivity index (χ0v) is 9.13. The fourth-order valence-corrected chi connectivity index (χ4v) is 1.67. The minimum absolute atomic E-state index is 0.797. The molecule has 0 radical (unpaired) electrons. The maximum absolute atomic E-state index is 11.0. The Balaban J connectivity index is 2.91. The van der Waals surface area contributed by atoms with E-state index in [-0.39, 0.29) is 0 Å². The Hall–Kier alpha value is -1.10. The number of hydrogen-bond donors (Lipinski definition) is 6. The third-order valence-corrected chi connectivity index (χ3v) is 2.70. The molecule has 9 nitrogen and oxygen atoms in total. The van der Waals surface area contributed by atoms with Crippen molar-refractivity contribution in [2.24, 2.45) is 0 Å². The SMILES string of the molecule is O=C(O)C(=O)C[C@@]1(O)O[C@H](CO)[C@@H](O)[C@H](O)[C@@H]1O. The van der Waals surface area contributed by atoms with Gasteiger partial charge < -0.3 is 35.4 Å². The van der Waals surface area contributed by atoms with Crippen LogP contribution in [0.2, 0.25) is 0 Å². The van der Waals surface area contributed by atoms with E-state index in [0.29, 0.717) is 0 Å². The van der Waals surface area contributed by atoms with Crippen LogP contribution < -0.4 is 0 Å². The Morgan fingerprint density at radius 1 is 1.17 bits per heavy atom. The minimum Gasteiger partial charge on any atom is -0.475 e. The van der Waals surface area contributed by atoms with Crippen molar-refractivity contribution < 1.29 is 45.0 Å². The first kappa shape index (κ1) is 15.0. The maximum atomic E-state index is 11.0. The summed E-state index contributed by atoms with van der Waals surface area (Å²) in [6.45, 7) is -0.797. The molecule has 0 saturated carbocycles. The lowest BCUT2D eigenvalue weighted by Crippen LogP contribution is -2.65. The van der Waals surface area contributed by atoms with Crippen molar-refractivity contribution in [1.82, 2.24) is 0 Å². The molecule has 0 aromatic rings. The molecule has 0 aromatic carbocycles. The summed E-state index contributed by atoms with van der Waals surface area (Å²) in [7, 11) is 0. The van der Waals surface area contributed by atoms with Gasteiger partial charge in [-0.1, -0.05) is 0 Å². The van der Waals surface area contributed by atoms with Gasteiger partial charge in [0, 0.05) is 0 Å². The van der Waals surface area contributed by atoms with Gasteiger partial charge in [0.2, 0.25) is 11.6 Å². The molecule has 1 aliphatic heterocycles. The number of aliphatic hydroxyl groups is 5. The van der Waals surface area contributed by atoms with E-state index in [1.54, 1.807) is 0 Å². The van der Waals surface area contributed by atoms with Gasteiger partial charge in [-0.15, -0.1) is 0 Å². The quantitative estimate of drug-likeness (QED) is 0.280. The molecule has 0 amide bonds. The minimum atomic E-state index is -2.68. The van der Waals surface area contributed by atoms with Crippen molar-refractivity contribution in [3.05, 3.63) is 0 Å². The lowest BCUT2D eigenvalue weighted by Gasteiger charge is -2.44. The fourth-order valence-electron chi connectivity index (χ4n) is 1.67. The monoisotopic (exact) mass is 266 g/mol. The Labute approximate surface area is 101 Å². The van der Waals surface area contributed by atoms with Gasteiger partial charge in [-0.05, 0) is 0 Å². The summed E-state index contributed by atoms with van der Waals surface area (Å²) >= 11 is 0. The number of aliphatic carboxylic acids is 1. The van der Waals surface area contributed by atoms with Crippen LogP contribution in [0.25, 0.3) is 0 Å². The molecule has 1 aliphatic rings. The van der Waals surface area contributed by atoms with Gasteiger partial charge in [-0.25, -0.2) is 4.79 Å². The van der Waals surface area contributed by atoms with Crippen molar-refractivity contribution >= 4 is 11.8 Å². The molecule has 0 spiro atoms. The van der Waals surface area contributed by atoms with Gasteiger partial charge in [0.1, 0.15) is 24.4 Å². The van der Waals surface area contributed by atoms with E-state index in [1.807, 2.05) is 0 Å². The second-order valence-corrected chi connectivity index (χ2v) is 4.01. The molecule has 1 heterocycles. The number of carboxylic acids is 1. The Morgan fingerprint density at radius 2 is 1.72 bits per heavy atom. The highest BCUT2D eigenvalue weighted by molar-refractivity contribution is 6.32. The summed E-state index contributed by atoms with van der Waals surface area (Å²) in [4.78, 5) is 21.3. The molecule has 0 aromatic heterocycles. The molecule has 1 fully saturated rings. The number of carbonyl (C=O) groups excluding carboxylic acids is 1. The normalized spacial score (nSPS) is 40.5. The van der Waals surface area contributed by atoms with E-state index in [9.17, 15) is 30.0 Å². The predicted molar refractivity (Wildman–Crippen MR) is 52.2 cm³/mol. The highest BCUT2D eigenvalue weighted by Crippen LogP contribution is 2.30. The Morgan fingerprint density at radius 3 is 2.17 bits per heavy atom. The summed E-state index contributed by atoms with van der Waals surface area (Å²) in [6.07, 6.45) is -8.22. The molecule has 18 heavy (non-hydrogen) atoms. The van der Waals surface area contributed by atoms with Gasteiger partial charge in [-0.2, -0.15) is 0 Å². The van der Waals surface area contributed by atoms with E-state index in [4.69, 9.17) is 14.9 Å². The number of hydrogen-bond acceptors (Lipinski definition) is 8. The Kier molecular flexibility index (Phi) is 4.37. The van der Waals surface area contributed by atoms with Crippen molar-refractivity contribution in [3.8, 4) is 0 Å². The zero-order chi connectivity index (χ0) is 14.1. The third-order valence-electron chi connectivity index (χ3n) is 2.70. The van der Waals surface area contributed by atoms with Crippen LogP contribution in [-0.2, 0) is 14.3 Å². The van der Waals surface area contributed by atoms with Crippen molar-refractivity contribution in [2.45, 2.75) is 36.6 Å². The predicted octanol–water partition coefficient (Wildman–Crippen LogP) is -3.81. The van der Waals surface area contributed by atoms with E-state index in [2.05, 4.69) is 0 Å². The van der Waals surface area contributed by atoms with Crippen molar-refractivity contribution in [1.29, 1.82) is 0 Å². The fraction of sp³-hybridized carbons (Fsp3) is 0.778. The molecule has 104 valence electrons. The van der Waals surface area contributed by atoms with E-state index in [0.717, 1.165) is 0 Å². The van der Waals surface area contributed by atoms with Crippen LogP contribution >= 0.6 is 0 Å². The first-order valence-electron chi connectivity index (χ1n) is 5.04. The standard InChI is InChI=1S/C9H14O9/c10-2-4-5(12)6(13)7(14)9(17,18-4)1-3(11)8(15)16/h4-7,10,12-14,17H,1-2H2,(H,15,16)/t4-,5-,6+,7+,9-/m1/s1. The van der Waals surface area contributed by atoms with Crippen LogP contribution in [-0.4, -0.2) is 79.2 Å². The summed E-state index contributed by atoms with van der Waals surface area (Å²) in [5, 5.41) is 55.4. The smallest absolute Gasteiger partial charge is 0.372 e. The number of rotatable bonds is 4. The molecule has 1 rings (SSSR count). The summed E-state index contributed by atoms with van der Waals surface area (Å²) < 4.78 is 4.70. The molecule has 0 bridgehead atoms. The number of carbonyl (C=O) groups is 2. The molecule has 1 saturated heterocycles. The van der Waals surface area contributed by atoms with Crippen LogP contribution in [0.15, 0.2) is 0 Å². The van der Waals surface area contributed by atoms with Gasteiger partial charge in [0.05, 0.1) is 13.0 Å². The number of ether oxygens (including phenoxy) is 1.